The topological polar surface area (TPSA) is 164 Å². The van der Waals surface area contributed by atoms with E-state index in [0.29, 0.717) is 74.1 Å². The van der Waals surface area contributed by atoms with Crippen LogP contribution in [0.3, 0.4) is 0 Å². The Bertz CT molecular complexity index is 1510. The van der Waals surface area contributed by atoms with Crippen molar-refractivity contribution in [3.8, 4) is 0 Å². The van der Waals surface area contributed by atoms with Gasteiger partial charge in [0.1, 0.15) is 19.8 Å². The van der Waals surface area contributed by atoms with Gasteiger partial charge in [0, 0.05) is 57.6 Å². The van der Waals surface area contributed by atoms with Gasteiger partial charge in [0.15, 0.2) is 12.2 Å². The SMILES string of the molecule is CC1CCC(CCOCC(COC(=O)CC2CCC(C)CC2)OC(=O)CCCN(CCCC(=O)OC(COC(=O)CC2CCC(C)CC2)COC(=O)CC2CCC(C)CC2)C(=O)SCCCN(C)C)CC1. The number of carbonyl (C=O) groups is 6. The number of hydrogen-bond donors (Lipinski definition) is 0. The van der Waals surface area contributed by atoms with Gasteiger partial charge in [-0.15, -0.1) is 0 Å². The minimum Gasteiger partial charge on any atom is -0.462 e. The van der Waals surface area contributed by atoms with E-state index in [2.05, 4.69) is 32.6 Å². The maximum atomic E-state index is 13.6. The number of rotatable bonds is 31. The zero-order chi connectivity index (χ0) is 51.4. The van der Waals surface area contributed by atoms with Crippen molar-refractivity contribution in [1.29, 1.82) is 0 Å². The number of ether oxygens (including phenoxy) is 6. The second kappa shape index (κ2) is 34.6. The third-order valence-electron chi connectivity index (χ3n) is 15.6. The number of carbonyl (C=O) groups excluding carboxylic acids is 6. The van der Waals surface area contributed by atoms with E-state index in [0.717, 1.165) is 102 Å². The molecule has 4 fully saturated rings. The molecule has 0 aliphatic heterocycles. The van der Waals surface area contributed by atoms with Gasteiger partial charge in [-0.3, -0.25) is 28.8 Å². The molecule has 71 heavy (non-hydrogen) atoms. The lowest BCUT2D eigenvalue weighted by atomic mass is 9.81. The van der Waals surface area contributed by atoms with Crippen LogP contribution in [0.5, 0.6) is 0 Å². The van der Waals surface area contributed by atoms with Gasteiger partial charge in [0.25, 0.3) is 5.24 Å². The summed E-state index contributed by atoms with van der Waals surface area (Å²) in [6.45, 7) is 10.6. The zero-order valence-electron chi connectivity index (χ0n) is 45.0. The van der Waals surface area contributed by atoms with Crippen LogP contribution in [-0.2, 0) is 52.4 Å². The van der Waals surface area contributed by atoms with Crippen molar-refractivity contribution in [2.75, 3.05) is 72.5 Å². The van der Waals surface area contributed by atoms with Crippen LogP contribution >= 0.6 is 11.8 Å². The number of esters is 5. The lowest BCUT2D eigenvalue weighted by molar-refractivity contribution is -0.167. The van der Waals surface area contributed by atoms with Crippen molar-refractivity contribution in [2.24, 2.45) is 47.3 Å². The number of nitrogens with zero attached hydrogens (tertiary/aromatic N) is 2. The first-order valence-electron chi connectivity index (χ1n) is 28.1. The summed E-state index contributed by atoms with van der Waals surface area (Å²) in [5.74, 6) is 2.95. The highest BCUT2D eigenvalue weighted by atomic mass is 32.2. The third kappa shape index (κ3) is 27.3. The van der Waals surface area contributed by atoms with E-state index in [9.17, 15) is 28.8 Å². The molecule has 0 heterocycles. The number of thioether (sulfide) groups is 1. The molecule has 1 amide bonds. The first-order valence-corrected chi connectivity index (χ1v) is 29.1. The molecule has 4 rings (SSSR count). The maximum absolute atomic E-state index is 13.6. The summed E-state index contributed by atoms with van der Waals surface area (Å²) in [5, 5.41) is -0.139. The second-order valence-electron chi connectivity index (χ2n) is 22.7. The Balaban J connectivity index is 1.28. The summed E-state index contributed by atoms with van der Waals surface area (Å²) in [7, 11) is 3.98. The molecule has 0 N–H and O–H groups in total. The highest BCUT2D eigenvalue weighted by Crippen LogP contribution is 2.33. The van der Waals surface area contributed by atoms with Crippen molar-refractivity contribution in [1.82, 2.24) is 9.80 Å². The molecule has 0 saturated heterocycles. The molecular formula is C56H96N2O12S. The normalized spacial score (nSPS) is 25.6. The molecule has 408 valence electrons. The zero-order valence-corrected chi connectivity index (χ0v) is 45.8. The molecule has 4 aliphatic carbocycles. The van der Waals surface area contributed by atoms with Crippen LogP contribution in [0.1, 0.15) is 188 Å². The predicted molar refractivity (Wildman–Crippen MR) is 277 cm³/mol. The van der Waals surface area contributed by atoms with Gasteiger partial charge in [-0.2, -0.15) is 0 Å². The molecule has 0 radical (unpaired) electrons. The van der Waals surface area contributed by atoms with Crippen molar-refractivity contribution < 1.29 is 57.2 Å². The quantitative estimate of drug-likeness (QED) is 0.0366. The summed E-state index contributed by atoms with van der Waals surface area (Å²) in [4.78, 5) is 82.7. The molecule has 1 unspecified atom stereocenters. The highest BCUT2D eigenvalue weighted by molar-refractivity contribution is 8.13. The van der Waals surface area contributed by atoms with Crippen LogP contribution in [0.4, 0.5) is 4.79 Å². The predicted octanol–water partition coefficient (Wildman–Crippen LogP) is 11.0. The number of hydrogen-bond acceptors (Lipinski definition) is 14. The van der Waals surface area contributed by atoms with Gasteiger partial charge < -0.3 is 38.2 Å². The summed E-state index contributed by atoms with van der Waals surface area (Å²) in [6, 6.07) is 0. The van der Waals surface area contributed by atoms with Crippen LogP contribution in [-0.4, -0.2) is 130 Å². The van der Waals surface area contributed by atoms with E-state index in [1.54, 1.807) is 4.90 Å². The van der Waals surface area contributed by atoms with Crippen molar-refractivity contribution in [2.45, 2.75) is 200 Å². The molecule has 0 spiro atoms. The molecule has 0 aromatic rings. The van der Waals surface area contributed by atoms with Gasteiger partial charge in [0.05, 0.1) is 6.61 Å². The lowest BCUT2D eigenvalue weighted by Crippen LogP contribution is -2.33. The van der Waals surface area contributed by atoms with E-state index in [-0.39, 0.29) is 87.3 Å². The van der Waals surface area contributed by atoms with Gasteiger partial charge in [-0.1, -0.05) is 104 Å². The lowest BCUT2D eigenvalue weighted by Gasteiger charge is -2.26. The van der Waals surface area contributed by atoms with E-state index < -0.39 is 24.1 Å². The Morgan fingerprint density at radius 1 is 0.465 bits per heavy atom. The second-order valence-corrected chi connectivity index (χ2v) is 23.8. The Morgan fingerprint density at radius 2 is 0.831 bits per heavy atom. The minimum absolute atomic E-state index is 0.0177. The highest BCUT2D eigenvalue weighted by Gasteiger charge is 2.28. The third-order valence-corrected chi connectivity index (χ3v) is 16.6. The molecule has 0 aromatic heterocycles. The fraction of sp³-hybridized carbons (Fsp3) is 0.893. The molecule has 4 aliphatic rings. The average Bonchev–Trinajstić information content (AvgIpc) is 3.33. The van der Waals surface area contributed by atoms with Gasteiger partial charge in [-0.05, 0) is 132 Å². The first kappa shape index (κ1) is 60.6. The summed E-state index contributed by atoms with van der Waals surface area (Å²) in [5.41, 5.74) is 0. The fourth-order valence-electron chi connectivity index (χ4n) is 10.6. The van der Waals surface area contributed by atoms with Crippen LogP contribution in [0.2, 0.25) is 0 Å². The van der Waals surface area contributed by atoms with Crippen LogP contribution in [0.15, 0.2) is 0 Å². The summed E-state index contributed by atoms with van der Waals surface area (Å²) in [6.07, 6.45) is 19.2. The molecule has 4 saturated carbocycles. The Kier molecular flexibility index (Phi) is 29.5. The Morgan fingerprint density at radius 3 is 1.21 bits per heavy atom. The molecule has 0 bridgehead atoms. The smallest absolute Gasteiger partial charge is 0.306 e. The Labute approximate surface area is 432 Å². The summed E-state index contributed by atoms with van der Waals surface area (Å²) >= 11 is 1.22. The van der Waals surface area contributed by atoms with Crippen molar-refractivity contribution in [3.05, 3.63) is 0 Å². The minimum atomic E-state index is -0.955. The Hall–Kier alpha value is -2.91. The summed E-state index contributed by atoms with van der Waals surface area (Å²) < 4.78 is 34.7. The van der Waals surface area contributed by atoms with E-state index in [1.807, 2.05) is 14.1 Å². The van der Waals surface area contributed by atoms with Crippen LogP contribution in [0.25, 0.3) is 0 Å². The van der Waals surface area contributed by atoms with Crippen LogP contribution in [0, 0.1) is 47.3 Å². The van der Waals surface area contributed by atoms with Gasteiger partial charge >= 0.3 is 29.8 Å². The fourth-order valence-corrected chi connectivity index (χ4v) is 11.4. The van der Waals surface area contributed by atoms with E-state index in [4.69, 9.17) is 28.4 Å². The van der Waals surface area contributed by atoms with Crippen molar-refractivity contribution in [3.63, 3.8) is 0 Å². The molecular weight excluding hydrogens is 925 g/mol. The number of amides is 1. The van der Waals surface area contributed by atoms with E-state index >= 15 is 0 Å². The maximum Gasteiger partial charge on any atom is 0.306 e. The van der Waals surface area contributed by atoms with E-state index in [1.165, 1.54) is 37.4 Å². The first-order chi connectivity index (χ1) is 34.1. The average molecular weight is 1020 g/mol. The standard InChI is InChI=1S/C56H96N2O12S/c1-41-12-20-45(21-13-41)28-32-65-37-49(38-66-53(61)34-46-22-14-42(2)15-23-46)69-51(59)10-7-30-58(56(64)71-33-9-29-57(5)6)31-8-11-52(60)70-50(39-67-54(62)35-47-24-16-43(3)17-25-47)40-68-55(63)36-48-26-18-44(4)19-27-48/h41-50H,7-40H2,1-6H3. The monoisotopic (exact) mass is 1020 g/mol. The van der Waals surface area contributed by atoms with Gasteiger partial charge in [-0.25, -0.2) is 0 Å². The largest absolute Gasteiger partial charge is 0.462 e. The van der Waals surface area contributed by atoms with Gasteiger partial charge in [0.2, 0.25) is 0 Å². The molecule has 1 atom stereocenters. The molecule has 15 heteroatoms. The molecule has 0 aromatic carbocycles. The molecule has 14 nitrogen and oxygen atoms in total. The van der Waals surface area contributed by atoms with Crippen LogP contribution < -0.4 is 0 Å². The van der Waals surface area contributed by atoms with Crippen molar-refractivity contribution >= 4 is 46.8 Å².